The van der Waals surface area contributed by atoms with E-state index in [2.05, 4.69) is 27.9 Å². The maximum atomic E-state index is 12.8. The fraction of sp³-hybridized carbons (Fsp3) is 0.462. The van der Waals surface area contributed by atoms with Gasteiger partial charge in [0, 0.05) is 29.4 Å². The number of amides is 1. The molecule has 0 saturated heterocycles. The Hall–Kier alpha value is -3.56. The first kappa shape index (κ1) is 25.5. The van der Waals surface area contributed by atoms with E-state index in [9.17, 15) is 23.5 Å². The van der Waals surface area contributed by atoms with Gasteiger partial charge in [-0.1, -0.05) is 37.8 Å². The molecule has 1 unspecified atom stereocenters. The fourth-order valence-corrected chi connectivity index (χ4v) is 4.47. The van der Waals surface area contributed by atoms with E-state index in [0.29, 0.717) is 22.9 Å². The molecule has 0 aliphatic carbocycles. The molecule has 0 fully saturated rings. The summed E-state index contributed by atoms with van der Waals surface area (Å²) >= 11 is 0. The molecule has 1 aliphatic rings. The third-order valence-corrected chi connectivity index (χ3v) is 6.47. The van der Waals surface area contributed by atoms with E-state index in [0.717, 1.165) is 63.0 Å². The van der Waals surface area contributed by atoms with Crippen LogP contribution in [0.4, 0.5) is 14.6 Å². The Labute approximate surface area is 208 Å². The summed E-state index contributed by atoms with van der Waals surface area (Å²) in [6, 6.07) is 7.63. The summed E-state index contributed by atoms with van der Waals surface area (Å²) in [4.78, 5) is 28.9. The van der Waals surface area contributed by atoms with Crippen LogP contribution in [0.5, 0.6) is 0 Å². The fourth-order valence-electron chi connectivity index (χ4n) is 4.47. The molecular formula is C26H31F2N5O3. The molecule has 0 spiro atoms. The minimum Gasteiger partial charge on any atom is -0.480 e. The number of pyridine rings is 1. The Morgan fingerprint density at radius 3 is 2.72 bits per heavy atom. The zero-order valence-corrected chi connectivity index (χ0v) is 20.1. The Morgan fingerprint density at radius 2 is 1.92 bits per heavy atom. The lowest BCUT2D eigenvalue weighted by Crippen LogP contribution is -2.40. The van der Waals surface area contributed by atoms with Crippen molar-refractivity contribution in [3.63, 3.8) is 0 Å². The largest absolute Gasteiger partial charge is 0.480 e. The first-order chi connectivity index (χ1) is 17.4. The van der Waals surface area contributed by atoms with Crippen LogP contribution in [0.3, 0.4) is 0 Å². The predicted octanol–water partition coefficient (Wildman–Crippen LogP) is 4.95. The second-order valence-corrected chi connectivity index (χ2v) is 9.17. The molecule has 10 heteroatoms. The normalized spacial score (nSPS) is 13.9. The van der Waals surface area contributed by atoms with Crippen molar-refractivity contribution < 1.29 is 23.5 Å². The number of nitrogens with one attached hydrogen (secondary N) is 2. The van der Waals surface area contributed by atoms with E-state index in [1.54, 1.807) is 0 Å². The molecule has 1 atom stereocenters. The highest BCUT2D eigenvalue weighted by molar-refractivity contribution is 5.99. The maximum absolute atomic E-state index is 12.8. The standard InChI is InChI=1S/C26H31F2N5O3/c27-26(28)33-16-19-11-10-18(15-22(19)32-33)24(34)31-21(25(35)36)9-5-3-1-2-4-8-20-13-12-17-7-6-14-29-23(17)30-20/h10-13,15-16,21,26H,1-9,14H2,(H,29,30)(H,31,34)(H,35,36). The summed E-state index contributed by atoms with van der Waals surface area (Å²) in [5.41, 5.74) is 2.81. The minimum atomic E-state index is -2.77. The van der Waals surface area contributed by atoms with Crippen molar-refractivity contribution in [3.05, 3.63) is 53.3 Å². The minimum absolute atomic E-state index is 0.180. The third kappa shape index (κ3) is 6.56. The number of nitrogens with zero attached hydrogens (tertiary/aromatic N) is 3. The van der Waals surface area contributed by atoms with Crippen LogP contribution in [0, 0.1) is 0 Å². The zero-order chi connectivity index (χ0) is 25.5. The number of hydrogen-bond donors (Lipinski definition) is 3. The molecule has 2 aromatic heterocycles. The van der Waals surface area contributed by atoms with Gasteiger partial charge >= 0.3 is 12.5 Å². The second-order valence-electron chi connectivity index (χ2n) is 9.17. The SMILES string of the molecule is O=C(NC(CCCCCCCc1ccc2c(n1)NCCC2)C(=O)O)c1ccc2cn(C(F)F)nc2c1. The van der Waals surface area contributed by atoms with Crippen LogP contribution in [0.2, 0.25) is 0 Å². The van der Waals surface area contributed by atoms with E-state index in [1.807, 2.05) is 0 Å². The van der Waals surface area contributed by atoms with Crippen molar-refractivity contribution in [2.75, 3.05) is 11.9 Å². The van der Waals surface area contributed by atoms with Crippen LogP contribution in [0.25, 0.3) is 10.9 Å². The summed E-state index contributed by atoms with van der Waals surface area (Å²) in [5.74, 6) is -0.648. The molecule has 1 aromatic carbocycles. The first-order valence-electron chi connectivity index (χ1n) is 12.4. The molecule has 4 rings (SSSR count). The number of fused-ring (bicyclic) bond motifs is 2. The smallest absolute Gasteiger partial charge is 0.333 e. The summed E-state index contributed by atoms with van der Waals surface area (Å²) in [6.45, 7) is -1.80. The zero-order valence-electron chi connectivity index (χ0n) is 20.1. The van der Waals surface area contributed by atoms with Crippen molar-refractivity contribution in [1.82, 2.24) is 20.1 Å². The molecule has 3 aromatic rings. The summed E-state index contributed by atoms with van der Waals surface area (Å²) < 4.78 is 26.2. The van der Waals surface area contributed by atoms with Crippen molar-refractivity contribution in [2.24, 2.45) is 0 Å². The van der Waals surface area contributed by atoms with Gasteiger partial charge in [0.25, 0.3) is 5.91 Å². The van der Waals surface area contributed by atoms with Crippen molar-refractivity contribution in [3.8, 4) is 0 Å². The maximum Gasteiger partial charge on any atom is 0.333 e. The monoisotopic (exact) mass is 499 g/mol. The van der Waals surface area contributed by atoms with Crippen LogP contribution in [-0.2, 0) is 17.6 Å². The molecule has 1 amide bonds. The number of carboxylic acid groups (broad SMARTS) is 1. The Morgan fingerprint density at radius 1 is 1.11 bits per heavy atom. The molecule has 3 heterocycles. The lowest BCUT2D eigenvalue weighted by Gasteiger charge is -2.17. The quantitative estimate of drug-likeness (QED) is 0.304. The average molecular weight is 500 g/mol. The topological polar surface area (TPSA) is 109 Å². The van der Waals surface area contributed by atoms with Gasteiger partial charge in [0.15, 0.2) is 0 Å². The van der Waals surface area contributed by atoms with Crippen LogP contribution in [0.15, 0.2) is 36.5 Å². The number of carbonyl (C=O) groups is 2. The Kier molecular flexibility index (Phi) is 8.45. The number of alkyl halides is 2. The predicted molar refractivity (Wildman–Crippen MR) is 132 cm³/mol. The van der Waals surface area contributed by atoms with Crippen molar-refractivity contribution in [1.29, 1.82) is 0 Å². The van der Waals surface area contributed by atoms with Gasteiger partial charge < -0.3 is 15.7 Å². The van der Waals surface area contributed by atoms with Crippen molar-refractivity contribution >= 4 is 28.6 Å². The van der Waals surface area contributed by atoms with Crippen LogP contribution in [-0.4, -0.2) is 44.3 Å². The number of aromatic nitrogens is 3. The Balaban J connectivity index is 1.18. The highest BCUT2D eigenvalue weighted by atomic mass is 19.3. The van der Waals surface area contributed by atoms with Gasteiger partial charge in [-0.05, 0) is 55.9 Å². The molecule has 3 N–H and O–H groups in total. The van der Waals surface area contributed by atoms with E-state index < -0.39 is 24.5 Å². The number of anilines is 1. The van der Waals surface area contributed by atoms with Gasteiger partial charge in [-0.15, -0.1) is 0 Å². The molecule has 0 saturated carbocycles. The van der Waals surface area contributed by atoms with E-state index in [-0.39, 0.29) is 11.1 Å². The average Bonchev–Trinajstić information content (AvgIpc) is 3.31. The number of unbranched alkanes of at least 4 members (excludes halogenated alkanes) is 4. The molecule has 192 valence electrons. The highest BCUT2D eigenvalue weighted by Gasteiger charge is 2.21. The number of carboxylic acids is 1. The number of halogens is 2. The van der Waals surface area contributed by atoms with Gasteiger partial charge in [0.05, 0.1) is 5.52 Å². The summed E-state index contributed by atoms with van der Waals surface area (Å²) in [6.07, 6.45) is 9.24. The highest BCUT2D eigenvalue weighted by Crippen LogP contribution is 2.21. The lowest BCUT2D eigenvalue weighted by atomic mass is 10.0. The summed E-state index contributed by atoms with van der Waals surface area (Å²) in [7, 11) is 0. The van der Waals surface area contributed by atoms with Gasteiger partial charge in [0.1, 0.15) is 11.9 Å². The van der Waals surface area contributed by atoms with E-state index in [4.69, 9.17) is 4.98 Å². The number of aliphatic carboxylic acids is 1. The number of hydrogen-bond acceptors (Lipinski definition) is 5. The Bertz CT molecular complexity index is 1210. The van der Waals surface area contributed by atoms with E-state index >= 15 is 0 Å². The molecule has 36 heavy (non-hydrogen) atoms. The van der Waals surface area contributed by atoms with Crippen LogP contribution < -0.4 is 10.6 Å². The third-order valence-electron chi connectivity index (χ3n) is 6.47. The van der Waals surface area contributed by atoms with Gasteiger partial charge in [0.2, 0.25) is 0 Å². The van der Waals surface area contributed by atoms with Crippen LogP contribution in [0.1, 0.15) is 73.1 Å². The first-order valence-corrected chi connectivity index (χ1v) is 12.4. The number of carbonyl (C=O) groups excluding carboxylic acids is 1. The summed E-state index contributed by atoms with van der Waals surface area (Å²) in [5, 5.41) is 19.7. The molecule has 0 radical (unpaired) electrons. The molecular weight excluding hydrogens is 468 g/mol. The number of benzene rings is 1. The molecule has 1 aliphatic heterocycles. The van der Waals surface area contributed by atoms with Gasteiger partial charge in [-0.2, -0.15) is 13.9 Å². The van der Waals surface area contributed by atoms with Crippen molar-refractivity contribution in [2.45, 2.75) is 70.4 Å². The van der Waals surface area contributed by atoms with Gasteiger partial charge in [-0.25, -0.2) is 14.5 Å². The number of rotatable bonds is 12. The van der Waals surface area contributed by atoms with Gasteiger partial charge in [-0.3, -0.25) is 4.79 Å². The molecule has 8 nitrogen and oxygen atoms in total. The molecule has 0 bridgehead atoms. The van der Waals surface area contributed by atoms with Crippen LogP contribution >= 0.6 is 0 Å². The number of aryl methyl sites for hydroxylation is 2. The lowest BCUT2D eigenvalue weighted by molar-refractivity contribution is -0.139. The van der Waals surface area contributed by atoms with E-state index in [1.165, 1.54) is 30.0 Å². The second kappa shape index (κ2) is 11.9.